The van der Waals surface area contributed by atoms with Gasteiger partial charge in [-0.3, -0.25) is 9.59 Å². The van der Waals surface area contributed by atoms with Gasteiger partial charge in [-0.2, -0.15) is 0 Å². The summed E-state index contributed by atoms with van der Waals surface area (Å²) >= 11 is 0. The molecule has 5 nitrogen and oxygen atoms in total. The molecular weight excluding hydrogens is 335 g/mol. The molecule has 0 atom stereocenters. The molecule has 6 heteroatoms. The molecule has 1 N–H and O–H groups in total. The average Bonchev–Trinajstić information content (AvgIpc) is 2.66. The first-order valence-electron chi connectivity index (χ1n) is 8.41. The molecule has 0 unspecified atom stereocenters. The standard InChI is InChI=1S/C20H23FN2O3/c1-23(14-16-6-3-4-7-18(16)21)19(24)8-5-13-22-20(25)15-9-11-17(26-2)12-10-15/h3-4,6-7,9-12H,5,8,13-14H2,1-2H3,(H,22,25). The van der Waals surface area contributed by atoms with E-state index in [0.29, 0.717) is 29.8 Å². The van der Waals surface area contributed by atoms with Gasteiger partial charge < -0.3 is 15.0 Å². The van der Waals surface area contributed by atoms with Crippen LogP contribution in [-0.4, -0.2) is 37.4 Å². The summed E-state index contributed by atoms with van der Waals surface area (Å²) in [4.78, 5) is 25.6. The van der Waals surface area contributed by atoms with Crippen molar-refractivity contribution in [3.63, 3.8) is 0 Å². The Bertz CT molecular complexity index is 747. The smallest absolute Gasteiger partial charge is 0.251 e. The lowest BCUT2D eigenvalue weighted by Gasteiger charge is -2.17. The van der Waals surface area contributed by atoms with Crippen molar-refractivity contribution in [1.82, 2.24) is 10.2 Å². The van der Waals surface area contributed by atoms with E-state index >= 15 is 0 Å². The topological polar surface area (TPSA) is 58.6 Å². The zero-order valence-electron chi connectivity index (χ0n) is 15.0. The Morgan fingerprint density at radius 1 is 1.12 bits per heavy atom. The van der Waals surface area contributed by atoms with Crippen LogP contribution < -0.4 is 10.1 Å². The predicted octanol–water partition coefficient (Wildman–Crippen LogP) is 3.00. The number of benzene rings is 2. The number of hydrogen-bond donors (Lipinski definition) is 1. The van der Waals surface area contributed by atoms with Crippen LogP contribution in [0, 0.1) is 5.82 Å². The van der Waals surface area contributed by atoms with Gasteiger partial charge in [0.25, 0.3) is 5.91 Å². The fourth-order valence-corrected chi connectivity index (χ4v) is 2.45. The summed E-state index contributed by atoms with van der Waals surface area (Å²) in [6, 6.07) is 13.2. The molecule has 0 saturated heterocycles. The summed E-state index contributed by atoms with van der Waals surface area (Å²) in [6.07, 6.45) is 0.802. The van der Waals surface area contributed by atoms with Gasteiger partial charge in [0.15, 0.2) is 0 Å². The molecule has 0 bridgehead atoms. The van der Waals surface area contributed by atoms with Crippen molar-refractivity contribution < 1.29 is 18.7 Å². The van der Waals surface area contributed by atoms with Crippen LogP contribution >= 0.6 is 0 Å². The number of carbonyl (C=O) groups excluding carboxylic acids is 2. The monoisotopic (exact) mass is 358 g/mol. The van der Waals surface area contributed by atoms with Crippen molar-refractivity contribution in [1.29, 1.82) is 0 Å². The van der Waals surface area contributed by atoms with Gasteiger partial charge in [-0.1, -0.05) is 18.2 Å². The van der Waals surface area contributed by atoms with Gasteiger partial charge in [0.2, 0.25) is 5.91 Å². The van der Waals surface area contributed by atoms with Crippen LogP contribution in [0.1, 0.15) is 28.8 Å². The highest BCUT2D eigenvalue weighted by molar-refractivity contribution is 5.94. The number of methoxy groups -OCH3 is 1. The number of carbonyl (C=O) groups is 2. The summed E-state index contributed by atoms with van der Waals surface area (Å²) in [7, 11) is 3.21. The minimum Gasteiger partial charge on any atom is -0.497 e. The Balaban J connectivity index is 1.72. The van der Waals surface area contributed by atoms with E-state index in [9.17, 15) is 14.0 Å². The predicted molar refractivity (Wildman–Crippen MR) is 97.4 cm³/mol. The largest absolute Gasteiger partial charge is 0.497 e. The first kappa shape index (κ1) is 19.4. The van der Waals surface area contributed by atoms with Crippen molar-refractivity contribution in [3.05, 3.63) is 65.5 Å². The van der Waals surface area contributed by atoms with E-state index in [-0.39, 0.29) is 30.6 Å². The number of halogens is 1. The highest BCUT2D eigenvalue weighted by Gasteiger charge is 2.12. The molecule has 0 saturated carbocycles. The first-order valence-corrected chi connectivity index (χ1v) is 8.41. The van der Waals surface area contributed by atoms with Crippen LogP contribution in [0.3, 0.4) is 0 Å². The van der Waals surface area contributed by atoms with Gasteiger partial charge in [0.1, 0.15) is 11.6 Å². The third-order valence-corrected chi connectivity index (χ3v) is 4.00. The maximum atomic E-state index is 13.6. The van der Waals surface area contributed by atoms with Gasteiger partial charge in [-0.25, -0.2) is 4.39 Å². The van der Waals surface area contributed by atoms with E-state index in [4.69, 9.17) is 4.74 Å². The number of amides is 2. The van der Waals surface area contributed by atoms with Crippen molar-refractivity contribution in [2.24, 2.45) is 0 Å². The molecule has 2 aromatic rings. The minimum atomic E-state index is -0.320. The lowest BCUT2D eigenvalue weighted by molar-refractivity contribution is -0.130. The molecule has 26 heavy (non-hydrogen) atoms. The van der Waals surface area contributed by atoms with Crippen LogP contribution in [0.25, 0.3) is 0 Å². The Kier molecular flexibility index (Phi) is 7.14. The number of nitrogens with zero attached hydrogens (tertiary/aromatic N) is 1. The van der Waals surface area contributed by atoms with E-state index in [1.165, 1.54) is 11.0 Å². The van der Waals surface area contributed by atoms with E-state index in [0.717, 1.165) is 0 Å². The summed E-state index contributed by atoms with van der Waals surface area (Å²) < 4.78 is 18.7. The van der Waals surface area contributed by atoms with Gasteiger partial charge in [-0.15, -0.1) is 0 Å². The van der Waals surface area contributed by atoms with Crippen molar-refractivity contribution in [2.45, 2.75) is 19.4 Å². The Morgan fingerprint density at radius 3 is 2.46 bits per heavy atom. The van der Waals surface area contributed by atoms with Crippen molar-refractivity contribution in [2.75, 3.05) is 20.7 Å². The Morgan fingerprint density at radius 2 is 1.81 bits per heavy atom. The fourth-order valence-electron chi connectivity index (χ4n) is 2.45. The summed E-state index contributed by atoms with van der Waals surface area (Å²) in [5.74, 6) is 0.0794. The molecule has 138 valence electrons. The zero-order chi connectivity index (χ0) is 18.9. The molecule has 0 aliphatic rings. The van der Waals surface area contributed by atoms with Crippen LogP contribution in [0.15, 0.2) is 48.5 Å². The summed E-state index contributed by atoms with van der Waals surface area (Å²) in [5.41, 5.74) is 1.02. The quantitative estimate of drug-likeness (QED) is 0.738. The van der Waals surface area contributed by atoms with Crippen LogP contribution in [0.5, 0.6) is 5.75 Å². The molecule has 0 radical (unpaired) electrons. The highest BCUT2D eigenvalue weighted by Crippen LogP contribution is 2.12. The summed E-state index contributed by atoms with van der Waals surface area (Å²) in [6.45, 7) is 0.619. The molecule has 2 amide bonds. The van der Waals surface area contributed by atoms with Gasteiger partial charge >= 0.3 is 0 Å². The number of hydrogen-bond acceptors (Lipinski definition) is 3. The third-order valence-electron chi connectivity index (χ3n) is 4.00. The molecule has 0 aromatic heterocycles. The molecule has 0 heterocycles. The molecule has 0 fully saturated rings. The van der Waals surface area contributed by atoms with E-state index < -0.39 is 0 Å². The molecule has 0 aliphatic carbocycles. The third kappa shape index (κ3) is 5.58. The number of ether oxygens (including phenoxy) is 1. The first-order chi connectivity index (χ1) is 12.5. The SMILES string of the molecule is COc1ccc(C(=O)NCCCC(=O)N(C)Cc2ccccc2F)cc1. The lowest BCUT2D eigenvalue weighted by Crippen LogP contribution is -2.29. The van der Waals surface area contributed by atoms with Gasteiger partial charge in [0.05, 0.1) is 7.11 Å². The zero-order valence-corrected chi connectivity index (χ0v) is 15.0. The van der Waals surface area contributed by atoms with Crippen LogP contribution in [0.4, 0.5) is 4.39 Å². The fraction of sp³-hybridized carbons (Fsp3) is 0.300. The van der Waals surface area contributed by atoms with Gasteiger partial charge in [-0.05, 0) is 36.8 Å². The molecular formula is C20H23FN2O3. The maximum absolute atomic E-state index is 13.6. The Hall–Kier alpha value is -2.89. The van der Waals surface area contributed by atoms with Crippen LogP contribution in [0.2, 0.25) is 0 Å². The molecule has 2 aromatic carbocycles. The normalized spacial score (nSPS) is 10.3. The second-order valence-electron chi connectivity index (χ2n) is 5.93. The maximum Gasteiger partial charge on any atom is 0.251 e. The molecule has 0 spiro atoms. The van der Waals surface area contributed by atoms with E-state index in [1.54, 1.807) is 56.6 Å². The van der Waals surface area contributed by atoms with E-state index in [1.807, 2.05) is 0 Å². The number of rotatable bonds is 8. The average molecular weight is 358 g/mol. The van der Waals surface area contributed by atoms with Crippen molar-refractivity contribution in [3.8, 4) is 5.75 Å². The second-order valence-corrected chi connectivity index (χ2v) is 5.93. The van der Waals surface area contributed by atoms with Gasteiger partial charge in [0, 0.05) is 37.7 Å². The lowest BCUT2D eigenvalue weighted by atomic mass is 10.2. The molecule has 0 aliphatic heterocycles. The van der Waals surface area contributed by atoms with Crippen molar-refractivity contribution >= 4 is 11.8 Å². The highest BCUT2D eigenvalue weighted by atomic mass is 19.1. The summed E-state index contributed by atoms with van der Waals surface area (Å²) in [5, 5.41) is 2.78. The Labute approximate surface area is 152 Å². The molecule has 2 rings (SSSR count). The number of nitrogens with one attached hydrogen (secondary N) is 1. The second kappa shape index (κ2) is 9.56. The minimum absolute atomic E-state index is 0.0908. The van der Waals surface area contributed by atoms with Crippen LogP contribution in [-0.2, 0) is 11.3 Å². The van der Waals surface area contributed by atoms with E-state index in [2.05, 4.69) is 5.32 Å².